The smallest absolute Gasteiger partial charge is 0.241 e. The van der Waals surface area contributed by atoms with Gasteiger partial charge in [0.2, 0.25) is 15.9 Å². The number of likely N-dealkylation sites (tertiary alicyclic amines) is 1. The lowest BCUT2D eigenvalue weighted by Gasteiger charge is -2.34. The van der Waals surface area contributed by atoms with Crippen molar-refractivity contribution in [2.24, 2.45) is 17.4 Å². The van der Waals surface area contributed by atoms with Crippen LogP contribution in [0.15, 0.2) is 77.7 Å². The summed E-state index contributed by atoms with van der Waals surface area (Å²) in [5.41, 5.74) is 13.6. The van der Waals surface area contributed by atoms with Crippen molar-refractivity contribution in [2.45, 2.75) is 36.6 Å². The number of hydrogen-bond donors (Lipinski definition) is 4. The zero-order valence-corrected chi connectivity index (χ0v) is 22.5. The van der Waals surface area contributed by atoms with Gasteiger partial charge in [-0.1, -0.05) is 42.5 Å². The van der Waals surface area contributed by atoms with Crippen LogP contribution in [0, 0.1) is 17.1 Å². The summed E-state index contributed by atoms with van der Waals surface area (Å²) in [6.07, 6.45) is 2.62. The van der Waals surface area contributed by atoms with Crippen molar-refractivity contribution in [2.75, 3.05) is 19.6 Å². The van der Waals surface area contributed by atoms with E-state index in [9.17, 15) is 17.6 Å². The normalized spacial score (nSPS) is 15.2. The van der Waals surface area contributed by atoms with Gasteiger partial charge in [-0.3, -0.25) is 10.2 Å². The number of sulfonamides is 1. The minimum Gasteiger partial charge on any atom is -0.384 e. The first kappa shape index (κ1) is 28.4. The molecular formula is C29H34FN5O3S. The minimum atomic E-state index is -4.12. The molecule has 1 aliphatic rings. The van der Waals surface area contributed by atoms with Gasteiger partial charge in [0.25, 0.3) is 0 Å². The van der Waals surface area contributed by atoms with Crippen molar-refractivity contribution in [3.63, 3.8) is 0 Å². The highest BCUT2D eigenvalue weighted by molar-refractivity contribution is 7.89. The molecule has 3 aromatic carbocycles. The zero-order chi connectivity index (χ0) is 28.0. The van der Waals surface area contributed by atoms with E-state index in [-0.39, 0.29) is 23.1 Å². The van der Waals surface area contributed by atoms with Crippen molar-refractivity contribution < 1.29 is 17.6 Å². The number of carbonyl (C=O) groups excluding carboxylic acids is 1. The predicted molar refractivity (Wildman–Crippen MR) is 150 cm³/mol. The fraction of sp³-hybridized carbons (Fsp3) is 0.310. The Kier molecular flexibility index (Phi) is 9.11. The Labute approximate surface area is 228 Å². The third-order valence-electron chi connectivity index (χ3n) is 7.08. The average molecular weight is 552 g/mol. The second kappa shape index (κ2) is 12.5. The van der Waals surface area contributed by atoms with Gasteiger partial charge in [0.05, 0.1) is 4.90 Å². The fourth-order valence-corrected chi connectivity index (χ4v) is 6.18. The second-order valence-electron chi connectivity index (χ2n) is 9.88. The molecule has 0 spiro atoms. The van der Waals surface area contributed by atoms with Gasteiger partial charge in [0, 0.05) is 18.7 Å². The van der Waals surface area contributed by atoms with E-state index in [0.717, 1.165) is 19.3 Å². The van der Waals surface area contributed by atoms with Crippen LogP contribution < -0.4 is 16.2 Å². The van der Waals surface area contributed by atoms with Crippen LogP contribution in [0.4, 0.5) is 4.39 Å². The lowest BCUT2D eigenvalue weighted by molar-refractivity contribution is -0.134. The van der Waals surface area contributed by atoms with Crippen LogP contribution in [0.5, 0.6) is 0 Å². The molecule has 206 valence electrons. The number of nitrogens with zero attached hydrogens (tertiary/aromatic N) is 1. The van der Waals surface area contributed by atoms with Crippen LogP contribution in [0.25, 0.3) is 11.1 Å². The van der Waals surface area contributed by atoms with E-state index in [4.69, 9.17) is 16.9 Å². The maximum Gasteiger partial charge on any atom is 0.241 e. The maximum atomic E-state index is 13.8. The predicted octanol–water partition coefficient (Wildman–Crippen LogP) is 3.25. The molecule has 8 nitrogen and oxygen atoms in total. The number of amidine groups is 1. The van der Waals surface area contributed by atoms with E-state index >= 15 is 0 Å². The molecule has 6 N–H and O–H groups in total. The molecule has 1 heterocycles. The summed E-state index contributed by atoms with van der Waals surface area (Å²) in [6.45, 7) is 1.66. The molecular weight excluding hydrogens is 517 g/mol. The molecule has 0 radical (unpaired) electrons. The van der Waals surface area contributed by atoms with Gasteiger partial charge in [-0.25, -0.2) is 12.8 Å². The van der Waals surface area contributed by atoms with E-state index in [0.29, 0.717) is 47.8 Å². The van der Waals surface area contributed by atoms with Crippen LogP contribution in [0.3, 0.4) is 0 Å². The monoisotopic (exact) mass is 551 g/mol. The molecule has 4 rings (SSSR count). The van der Waals surface area contributed by atoms with Gasteiger partial charge in [0.15, 0.2) is 0 Å². The molecule has 10 heteroatoms. The van der Waals surface area contributed by atoms with Crippen molar-refractivity contribution in [1.29, 1.82) is 5.41 Å². The van der Waals surface area contributed by atoms with Crippen molar-refractivity contribution >= 4 is 21.8 Å². The molecule has 0 saturated carbocycles. The van der Waals surface area contributed by atoms with E-state index in [1.807, 2.05) is 0 Å². The number of benzene rings is 3. The molecule has 0 bridgehead atoms. The van der Waals surface area contributed by atoms with Gasteiger partial charge < -0.3 is 16.4 Å². The summed E-state index contributed by atoms with van der Waals surface area (Å²) in [5.74, 6) is -0.393. The Balaban J connectivity index is 1.61. The SMILES string of the molecule is N=C(N)c1cccc(C[C@H](NS(=O)(=O)c2cccc(-c3cccc(F)c3)c2)C(=O)N2CCC(CCN)CC2)c1. The molecule has 39 heavy (non-hydrogen) atoms. The standard InChI is InChI=1S/C29H34FN5O3S/c30-25-8-2-5-22(18-25)23-6-3-9-26(19-23)39(37,38)34-27(17-21-4-1-7-24(16-21)28(32)33)29(36)35-14-11-20(10-13-31)12-15-35/h1-9,16,18-20,27,34H,10-15,17,31H2,(H3,32,33)/t27-/m0/s1. The Bertz CT molecular complexity index is 1440. The summed E-state index contributed by atoms with van der Waals surface area (Å²) >= 11 is 0. The number of nitrogens with one attached hydrogen (secondary N) is 2. The first-order valence-electron chi connectivity index (χ1n) is 13.0. The molecule has 1 saturated heterocycles. The third-order valence-corrected chi connectivity index (χ3v) is 8.55. The molecule has 1 fully saturated rings. The third kappa shape index (κ3) is 7.29. The number of nitrogens with two attached hydrogens (primary N) is 2. The number of nitrogen functional groups attached to an aromatic ring is 1. The highest BCUT2D eigenvalue weighted by Crippen LogP contribution is 2.25. The Hall–Kier alpha value is -3.60. The number of rotatable bonds is 10. The van der Waals surface area contributed by atoms with Gasteiger partial charge in [-0.2, -0.15) is 4.72 Å². The van der Waals surface area contributed by atoms with Crippen LogP contribution in [0.1, 0.15) is 30.4 Å². The van der Waals surface area contributed by atoms with Crippen LogP contribution in [-0.2, 0) is 21.2 Å². The van der Waals surface area contributed by atoms with Crippen molar-refractivity contribution in [3.05, 3.63) is 89.7 Å². The Morgan fingerprint density at radius 3 is 2.36 bits per heavy atom. The van der Waals surface area contributed by atoms with Crippen LogP contribution >= 0.6 is 0 Å². The van der Waals surface area contributed by atoms with E-state index in [2.05, 4.69) is 4.72 Å². The highest BCUT2D eigenvalue weighted by Gasteiger charge is 2.32. The van der Waals surface area contributed by atoms with Crippen LogP contribution in [-0.4, -0.2) is 50.7 Å². The molecule has 0 aromatic heterocycles. The first-order valence-corrected chi connectivity index (χ1v) is 14.4. The van der Waals surface area contributed by atoms with E-state index in [1.165, 1.54) is 24.3 Å². The zero-order valence-electron chi connectivity index (χ0n) is 21.6. The summed E-state index contributed by atoms with van der Waals surface area (Å²) in [5, 5.41) is 7.73. The van der Waals surface area contributed by atoms with Gasteiger partial charge in [0.1, 0.15) is 17.7 Å². The summed E-state index contributed by atoms with van der Waals surface area (Å²) in [6, 6.07) is 17.9. The minimum absolute atomic E-state index is 0.0267. The summed E-state index contributed by atoms with van der Waals surface area (Å²) in [7, 11) is -4.12. The number of piperidine rings is 1. The molecule has 3 aromatic rings. The maximum absolute atomic E-state index is 13.8. The summed E-state index contributed by atoms with van der Waals surface area (Å²) in [4.78, 5) is 15.4. The number of amides is 1. The first-order chi connectivity index (χ1) is 18.7. The highest BCUT2D eigenvalue weighted by atomic mass is 32.2. The van der Waals surface area contributed by atoms with Gasteiger partial charge in [-0.05, 0) is 85.2 Å². The summed E-state index contributed by atoms with van der Waals surface area (Å²) < 4.78 is 43.5. The molecule has 1 atom stereocenters. The van der Waals surface area contributed by atoms with Crippen molar-refractivity contribution in [3.8, 4) is 11.1 Å². The lowest BCUT2D eigenvalue weighted by Crippen LogP contribution is -2.51. The fourth-order valence-electron chi connectivity index (χ4n) is 4.95. The Morgan fingerprint density at radius 2 is 1.69 bits per heavy atom. The second-order valence-corrected chi connectivity index (χ2v) is 11.6. The number of halogens is 1. The van der Waals surface area contributed by atoms with Gasteiger partial charge in [-0.15, -0.1) is 0 Å². The van der Waals surface area contributed by atoms with Gasteiger partial charge >= 0.3 is 0 Å². The quantitative estimate of drug-likeness (QED) is 0.226. The van der Waals surface area contributed by atoms with Crippen LogP contribution in [0.2, 0.25) is 0 Å². The largest absolute Gasteiger partial charge is 0.384 e. The molecule has 0 unspecified atom stereocenters. The van der Waals surface area contributed by atoms with Crippen molar-refractivity contribution in [1.82, 2.24) is 9.62 Å². The molecule has 0 aliphatic carbocycles. The Morgan fingerprint density at radius 1 is 1.03 bits per heavy atom. The molecule has 1 aliphatic heterocycles. The van der Waals surface area contributed by atoms with E-state index in [1.54, 1.807) is 53.4 Å². The van der Waals surface area contributed by atoms with E-state index < -0.39 is 21.9 Å². The lowest BCUT2D eigenvalue weighted by atomic mass is 9.93. The molecule has 1 amide bonds. The topological polar surface area (TPSA) is 142 Å². The number of hydrogen-bond acceptors (Lipinski definition) is 5. The average Bonchev–Trinajstić information content (AvgIpc) is 2.93. The number of carbonyl (C=O) groups is 1.